The van der Waals surface area contributed by atoms with Gasteiger partial charge in [-0.15, -0.1) is 0 Å². The van der Waals surface area contributed by atoms with Gasteiger partial charge in [-0.1, -0.05) is 0 Å². The van der Waals surface area contributed by atoms with Crippen LogP contribution in [0.2, 0.25) is 0 Å². The number of rotatable bonds is 8. The summed E-state index contributed by atoms with van der Waals surface area (Å²) in [6.45, 7) is -0.839. The van der Waals surface area contributed by atoms with E-state index in [1.54, 1.807) is 0 Å². The molecule has 9 nitrogen and oxygen atoms in total. The molecule has 0 bridgehead atoms. The van der Waals surface area contributed by atoms with Crippen molar-refractivity contribution < 1.29 is 44.3 Å². The van der Waals surface area contributed by atoms with Crippen molar-refractivity contribution >= 4 is 23.9 Å². The third kappa shape index (κ3) is 5.98. The lowest BCUT2D eigenvalue weighted by Crippen LogP contribution is -2.13. The zero-order valence-electron chi connectivity index (χ0n) is 9.40. The fraction of sp³-hybridized carbons (Fsp3) is 0.200. The molecule has 0 saturated carbocycles. The van der Waals surface area contributed by atoms with Gasteiger partial charge in [0.05, 0.1) is 13.2 Å². The second-order valence-corrected chi connectivity index (χ2v) is 2.99. The third-order valence-electron chi connectivity index (χ3n) is 1.73. The second kappa shape index (κ2) is 7.61. The van der Waals surface area contributed by atoms with E-state index in [0.717, 1.165) is 12.2 Å². The average Bonchev–Trinajstić information content (AvgIpc) is 2.25. The first-order valence-electron chi connectivity index (χ1n) is 4.68. The molecule has 104 valence electrons. The Morgan fingerprint density at radius 2 is 0.947 bits per heavy atom. The van der Waals surface area contributed by atoms with E-state index in [4.69, 9.17) is 20.4 Å². The first-order chi connectivity index (χ1) is 8.77. The summed E-state index contributed by atoms with van der Waals surface area (Å²) in [4.78, 5) is 41.7. The van der Waals surface area contributed by atoms with Crippen LogP contribution in [0.4, 0.5) is 0 Å². The molecule has 0 fully saturated rings. The first kappa shape index (κ1) is 16.3. The predicted octanol–water partition coefficient (Wildman–Crippen LogP) is -0.806. The van der Waals surface area contributed by atoms with E-state index in [1.165, 1.54) is 0 Å². The zero-order valence-corrected chi connectivity index (χ0v) is 9.40. The van der Waals surface area contributed by atoms with E-state index in [-0.39, 0.29) is 0 Å². The Morgan fingerprint density at radius 1 is 0.684 bits per heavy atom. The Hall–Kier alpha value is -2.68. The number of hydrogen-bond donors (Lipinski definition) is 4. The summed E-state index contributed by atoms with van der Waals surface area (Å²) < 4.78 is 4.69. The molecule has 0 heterocycles. The van der Waals surface area contributed by atoms with Gasteiger partial charge in [0.25, 0.3) is 0 Å². The van der Waals surface area contributed by atoms with Crippen molar-refractivity contribution in [1.29, 1.82) is 0 Å². The van der Waals surface area contributed by atoms with Crippen LogP contribution in [0.3, 0.4) is 0 Å². The summed E-state index contributed by atoms with van der Waals surface area (Å²) in [6.07, 6.45) is 1.53. The third-order valence-corrected chi connectivity index (χ3v) is 1.73. The van der Waals surface area contributed by atoms with Crippen molar-refractivity contribution in [3.05, 3.63) is 23.3 Å². The van der Waals surface area contributed by atoms with Crippen LogP contribution in [0.15, 0.2) is 23.3 Å². The van der Waals surface area contributed by atoms with E-state index in [0.29, 0.717) is 0 Å². The van der Waals surface area contributed by atoms with Crippen LogP contribution >= 0.6 is 0 Å². The molecule has 0 spiro atoms. The van der Waals surface area contributed by atoms with Gasteiger partial charge in [0.2, 0.25) is 0 Å². The molecular weight excluding hydrogens is 264 g/mol. The van der Waals surface area contributed by atoms with Crippen LogP contribution in [0.1, 0.15) is 0 Å². The predicted molar refractivity (Wildman–Crippen MR) is 57.5 cm³/mol. The number of ether oxygens (including phenoxy) is 1. The Labute approximate surface area is 106 Å². The molecule has 4 N–H and O–H groups in total. The van der Waals surface area contributed by atoms with E-state index >= 15 is 0 Å². The topological polar surface area (TPSA) is 158 Å². The van der Waals surface area contributed by atoms with Crippen molar-refractivity contribution in [2.24, 2.45) is 0 Å². The van der Waals surface area contributed by atoms with Gasteiger partial charge < -0.3 is 25.2 Å². The minimum atomic E-state index is -1.65. The number of carbonyl (C=O) groups is 4. The molecule has 0 aromatic rings. The van der Waals surface area contributed by atoms with Gasteiger partial charge in [-0.2, -0.15) is 0 Å². The van der Waals surface area contributed by atoms with Gasteiger partial charge in [0, 0.05) is 0 Å². The summed E-state index contributed by atoms with van der Waals surface area (Å²) in [5, 5.41) is 33.8. The van der Waals surface area contributed by atoms with Gasteiger partial charge in [-0.05, 0) is 12.2 Å². The van der Waals surface area contributed by atoms with Crippen LogP contribution in [0.5, 0.6) is 0 Å². The van der Waals surface area contributed by atoms with Crippen LogP contribution in [-0.4, -0.2) is 57.5 Å². The molecule has 0 saturated heterocycles. The molecule has 0 aliphatic carbocycles. The number of carboxylic acid groups (broad SMARTS) is 4. The first-order valence-corrected chi connectivity index (χ1v) is 4.68. The lowest BCUT2D eigenvalue weighted by atomic mass is 10.2. The highest BCUT2D eigenvalue weighted by Gasteiger charge is 2.16. The number of carboxylic acids is 4. The molecule has 19 heavy (non-hydrogen) atoms. The summed E-state index contributed by atoms with van der Waals surface area (Å²) in [5.41, 5.74) is -1.80. The monoisotopic (exact) mass is 274 g/mol. The van der Waals surface area contributed by atoms with Gasteiger partial charge in [-0.3, -0.25) is 0 Å². The standard InChI is InChI=1S/C10H10O9/c11-7(12)5(8(13)14)1-3-19-4-2-6(9(15)16)10(17)18/h1-2H,3-4H2,(H,11,12)(H,13,14)(H,15,16)(H,17,18). The minimum Gasteiger partial charge on any atom is -0.477 e. The van der Waals surface area contributed by atoms with Crippen molar-refractivity contribution in [3.8, 4) is 0 Å². The Balaban J connectivity index is 4.46. The molecular formula is C10H10O9. The lowest BCUT2D eigenvalue weighted by Gasteiger charge is -1.99. The fourth-order valence-corrected chi connectivity index (χ4v) is 0.885. The maximum atomic E-state index is 10.4. The van der Waals surface area contributed by atoms with E-state index in [9.17, 15) is 19.2 Å². The van der Waals surface area contributed by atoms with Crippen molar-refractivity contribution in [3.63, 3.8) is 0 Å². The Bertz CT molecular complexity index is 384. The molecule has 0 aromatic carbocycles. The Morgan fingerprint density at radius 3 is 1.16 bits per heavy atom. The SMILES string of the molecule is O=C(O)C(=CCOCC=C(C(=O)O)C(=O)O)C(=O)O. The quantitative estimate of drug-likeness (QED) is 0.192. The van der Waals surface area contributed by atoms with Gasteiger partial charge in [0.15, 0.2) is 0 Å². The van der Waals surface area contributed by atoms with E-state index in [2.05, 4.69) is 4.74 Å². The molecule has 0 rings (SSSR count). The number of hydrogen-bond acceptors (Lipinski definition) is 5. The normalized spacial score (nSPS) is 9.26. The Kier molecular flexibility index (Phi) is 6.54. The van der Waals surface area contributed by atoms with E-state index in [1.807, 2.05) is 0 Å². The zero-order chi connectivity index (χ0) is 15.0. The maximum absolute atomic E-state index is 10.4. The van der Waals surface area contributed by atoms with Gasteiger partial charge in [0.1, 0.15) is 11.1 Å². The molecule has 0 amide bonds. The summed E-state index contributed by atoms with van der Waals surface area (Å²) in [5.74, 6) is -6.60. The van der Waals surface area contributed by atoms with Crippen LogP contribution in [0, 0.1) is 0 Å². The molecule has 0 atom stereocenters. The van der Waals surface area contributed by atoms with Crippen LogP contribution in [0.25, 0.3) is 0 Å². The van der Waals surface area contributed by atoms with Crippen LogP contribution < -0.4 is 0 Å². The molecule has 0 aromatic heterocycles. The second-order valence-electron chi connectivity index (χ2n) is 2.99. The number of aliphatic carboxylic acids is 4. The summed E-state index contributed by atoms with van der Waals surface area (Å²) in [7, 11) is 0. The van der Waals surface area contributed by atoms with Crippen molar-refractivity contribution in [2.75, 3.05) is 13.2 Å². The fourth-order valence-electron chi connectivity index (χ4n) is 0.885. The lowest BCUT2D eigenvalue weighted by molar-refractivity contribution is -0.142. The molecule has 9 heteroatoms. The van der Waals surface area contributed by atoms with Crippen molar-refractivity contribution in [1.82, 2.24) is 0 Å². The minimum absolute atomic E-state index is 0.420. The summed E-state index contributed by atoms with van der Waals surface area (Å²) >= 11 is 0. The maximum Gasteiger partial charge on any atom is 0.342 e. The van der Waals surface area contributed by atoms with Gasteiger partial charge in [-0.25, -0.2) is 19.2 Å². The largest absolute Gasteiger partial charge is 0.477 e. The highest BCUT2D eigenvalue weighted by Crippen LogP contribution is 1.97. The molecule has 0 unspecified atom stereocenters. The van der Waals surface area contributed by atoms with E-state index < -0.39 is 48.2 Å². The highest BCUT2D eigenvalue weighted by molar-refractivity contribution is 6.12. The highest BCUT2D eigenvalue weighted by atomic mass is 16.5. The smallest absolute Gasteiger partial charge is 0.342 e. The van der Waals surface area contributed by atoms with Crippen LogP contribution in [-0.2, 0) is 23.9 Å². The molecule has 0 radical (unpaired) electrons. The molecule has 0 aliphatic heterocycles. The molecule has 0 aliphatic rings. The summed E-state index contributed by atoms with van der Waals surface area (Å²) in [6, 6.07) is 0. The average molecular weight is 274 g/mol. The van der Waals surface area contributed by atoms with Gasteiger partial charge >= 0.3 is 23.9 Å². The van der Waals surface area contributed by atoms with Crippen molar-refractivity contribution in [2.45, 2.75) is 0 Å².